The minimum Gasteiger partial charge on any atom is -0.469 e. The van der Waals surface area contributed by atoms with E-state index in [0.29, 0.717) is 5.92 Å². The SMILES string of the molecule is CCC(CC)CC(C)C(=O)OC. The number of carbonyl (C=O) groups excluding carboxylic acids is 1. The molecular weight excluding hydrogens is 152 g/mol. The quantitative estimate of drug-likeness (QED) is 0.596. The Balaban J connectivity index is 3.80. The lowest BCUT2D eigenvalue weighted by Gasteiger charge is -2.15. The van der Waals surface area contributed by atoms with Crippen molar-refractivity contribution in [2.45, 2.75) is 40.0 Å². The zero-order valence-electron chi connectivity index (χ0n) is 8.59. The zero-order chi connectivity index (χ0) is 9.56. The first-order valence-electron chi connectivity index (χ1n) is 4.73. The molecule has 0 aliphatic carbocycles. The van der Waals surface area contributed by atoms with E-state index in [0.717, 1.165) is 19.3 Å². The fourth-order valence-corrected chi connectivity index (χ4v) is 1.42. The Morgan fingerprint density at radius 3 is 2.17 bits per heavy atom. The Labute approximate surface area is 75.3 Å². The summed E-state index contributed by atoms with van der Waals surface area (Å²) >= 11 is 0. The molecule has 0 spiro atoms. The molecule has 0 aromatic carbocycles. The molecule has 0 aromatic heterocycles. The fourth-order valence-electron chi connectivity index (χ4n) is 1.42. The number of carbonyl (C=O) groups is 1. The Hall–Kier alpha value is -0.530. The highest BCUT2D eigenvalue weighted by molar-refractivity contribution is 5.71. The topological polar surface area (TPSA) is 26.3 Å². The second-order valence-electron chi connectivity index (χ2n) is 3.34. The van der Waals surface area contributed by atoms with Crippen molar-refractivity contribution in [3.05, 3.63) is 0 Å². The van der Waals surface area contributed by atoms with Crippen LogP contribution in [0.15, 0.2) is 0 Å². The molecule has 0 aliphatic heterocycles. The van der Waals surface area contributed by atoms with E-state index in [1.54, 1.807) is 0 Å². The molecule has 2 nitrogen and oxygen atoms in total. The van der Waals surface area contributed by atoms with Crippen LogP contribution in [0.2, 0.25) is 0 Å². The molecule has 0 radical (unpaired) electrons. The highest BCUT2D eigenvalue weighted by Gasteiger charge is 2.16. The van der Waals surface area contributed by atoms with Gasteiger partial charge in [0.1, 0.15) is 0 Å². The largest absolute Gasteiger partial charge is 0.469 e. The molecule has 0 saturated heterocycles. The van der Waals surface area contributed by atoms with Gasteiger partial charge in [0.25, 0.3) is 0 Å². The first-order chi connectivity index (χ1) is 5.65. The molecule has 0 rings (SSSR count). The first-order valence-corrected chi connectivity index (χ1v) is 4.73. The predicted octanol–water partition coefficient (Wildman–Crippen LogP) is 2.62. The maximum Gasteiger partial charge on any atom is 0.308 e. The molecule has 0 N–H and O–H groups in total. The van der Waals surface area contributed by atoms with E-state index < -0.39 is 0 Å². The summed E-state index contributed by atoms with van der Waals surface area (Å²) in [5, 5.41) is 0. The van der Waals surface area contributed by atoms with Gasteiger partial charge >= 0.3 is 5.97 Å². The van der Waals surface area contributed by atoms with E-state index >= 15 is 0 Å². The van der Waals surface area contributed by atoms with Gasteiger partial charge in [-0.1, -0.05) is 33.6 Å². The van der Waals surface area contributed by atoms with Gasteiger partial charge in [-0.2, -0.15) is 0 Å². The van der Waals surface area contributed by atoms with Crippen molar-refractivity contribution >= 4 is 5.97 Å². The molecule has 72 valence electrons. The number of rotatable bonds is 5. The van der Waals surface area contributed by atoms with Crippen molar-refractivity contribution in [3.8, 4) is 0 Å². The van der Waals surface area contributed by atoms with E-state index in [1.165, 1.54) is 7.11 Å². The molecule has 0 saturated carbocycles. The monoisotopic (exact) mass is 172 g/mol. The number of hydrogen-bond donors (Lipinski definition) is 0. The number of esters is 1. The van der Waals surface area contributed by atoms with Gasteiger partial charge in [-0.15, -0.1) is 0 Å². The van der Waals surface area contributed by atoms with E-state index in [1.807, 2.05) is 6.92 Å². The molecule has 0 heterocycles. The van der Waals surface area contributed by atoms with Crippen molar-refractivity contribution in [2.75, 3.05) is 7.11 Å². The Morgan fingerprint density at radius 1 is 1.33 bits per heavy atom. The summed E-state index contributed by atoms with van der Waals surface area (Å²) in [6.07, 6.45) is 3.26. The Kier molecular flexibility index (Phi) is 5.77. The molecule has 12 heavy (non-hydrogen) atoms. The number of methoxy groups -OCH3 is 1. The second-order valence-corrected chi connectivity index (χ2v) is 3.34. The van der Waals surface area contributed by atoms with Crippen LogP contribution in [0.5, 0.6) is 0 Å². The first kappa shape index (κ1) is 11.5. The second kappa shape index (κ2) is 6.04. The van der Waals surface area contributed by atoms with Crippen LogP contribution in [-0.4, -0.2) is 13.1 Å². The molecule has 1 unspecified atom stereocenters. The highest BCUT2D eigenvalue weighted by Crippen LogP contribution is 2.19. The molecule has 0 aromatic rings. The van der Waals surface area contributed by atoms with Crippen LogP contribution in [0.1, 0.15) is 40.0 Å². The van der Waals surface area contributed by atoms with Gasteiger partial charge in [0.2, 0.25) is 0 Å². The summed E-state index contributed by atoms with van der Waals surface area (Å²) in [5.74, 6) is 0.640. The summed E-state index contributed by atoms with van der Waals surface area (Å²) in [6.45, 7) is 6.26. The molecule has 0 amide bonds. The normalized spacial score (nSPS) is 13.1. The summed E-state index contributed by atoms with van der Waals surface area (Å²) in [6, 6.07) is 0. The van der Waals surface area contributed by atoms with Crippen molar-refractivity contribution in [2.24, 2.45) is 11.8 Å². The Morgan fingerprint density at radius 2 is 1.83 bits per heavy atom. The van der Waals surface area contributed by atoms with Crippen LogP contribution in [0, 0.1) is 11.8 Å². The van der Waals surface area contributed by atoms with Gasteiger partial charge in [-0.05, 0) is 12.3 Å². The molecule has 0 bridgehead atoms. The standard InChI is InChI=1S/C10H20O2/c1-5-9(6-2)7-8(3)10(11)12-4/h8-9H,5-7H2,1-4H3. The minimum absolute atomic E-state index is 0.0555. The third-order valence-electron chi connectivity index (χ3n) is 2.45. The lowest BCUT2D eigenvalue weighted by atomic mass is 9.92. The average molecular weight is 172 g/mol. The number of hydrogen-bond acceptors (Lipinski definition) is 2. The molecule has 0 aliphatic rings. The van der Waals surface area contributed by atoms with Crippen LogP contribution in [-0.2, 0) is 9.53 Å². The molecule has 0 fully saturated rings. The lowest BCUT2D eigenvalue weighted by molar-refractivity contribution is -0.145. The van der Waals surface area contributed by atoms with Gasteiger partial charge in [0.15, 0.2) is 0 Å². The van der Waals surface area contributed by atoms with Crippen LogP contribution in [0.25, 0.3) is 0 Å². The van der Waals surface area contributed by atoms with E-state index in [4.69, 9.17) is 0 Å². The summed E-state index contributed by atoms with van der Waals surface area (Å²) < 4.78 is 4.66. The summed E-state index contributed by atoms with van der Waals surface area (Å²) in [4.78, 5) is 11.1. The predicted molar refractivity (Wildman–Crippen MR) is 49.9 cm³/mol. The van der Waals surface area contributed by atoms with Gasteiger partial charge < -0.3 is 4.74 Å². The molecular formula is C10H20O2. The minimum atomic E-state index is -0.0816. The zero-order valence-corrected chi connectivity index (χ0v) is 8.59. The van der Waals surface area contributed by atoms with Crippen LogP contribution >= 0.6 is 0 Å². The van der Waals surface area contributed by atoms with Crippen LogP contribution in [0.3, 0.4) is 0 Å². The third kappa shape index (κ3) is 3.74. The Bertz CT molecular complexity index is 128. The van der Waals surface area contributed by atoms with Crippen molar-refractivity contribution in [3.63, 3.8) is 0 Å². The smallest absolute Gasteiger partial charge is 0.308 e. The molecule has 1 atom stereocenters. The lowest BCUT2D eigenvalue weighted by Crippen LogP contribution is -2.16. The summed E-state index contributed by atoms with van der Waals surface area (Å²) in [7, 11) is 1.45. The number of ether oxygens (including phenoxy) is 1. The van der Waals surface area contributed by atoms with Crippen molar-refractivity contribution in [1.82, 2.24) is 0 Å². The van der Waals surface area contributed by atoms with E-state index in [9.17, 15) is 4.79 Å². The average Bonchev–Trinajstić information content (AvgIpc) is 2.12. The van der Waals surface area contributed by atoms with Crippen molar-refractivity contribution < 1.29 is 9.53 Å². The van der Waals surface area contributed by atoms with Crippen LogP contribution in [0.4, 0.5) is 0 Å². The maximum absolute atomic E-state index is 11.1. The van der Waals surface area contributed by atoms with Gasteiger partial charge in [-0.25, -0.2) is 0 Å². The summed E-state index contributed by atoms with van der Waals surface area (Å²) in [5.41, 5.74) is 0. The van der Waals surface area contributed by atoms with E-state index in [2.05, 4.69) is 18.6 Å². The third-order valence-corrected chi connectivity index (χ3v) is 2.45. The van der Waals surface area contributed by atoms with Gasteiger partial charge in [0.05, 0.1) is 13.0 Å². The van der Waals surface area contributed by atoms with Gasteiger partial charge in [-0.3, -0.25) is 4.79 Å². The van der Waals surface area contributed by atoms with Crippen molar-refractivity contribution in [1.29, 1.82) is 0 Å². The maximum atomic E-state index is 11.1. The fraction of sp³-hybridized carbons (Fsp3) is 0.900. The molecule has 2 heteroatoms. The van der Waals surface area contributed by atoms with Crippen LogP contribution < -0.4 is 0 Å². The van der Waals surface area contributed by atoms with Gasteiger partial charge in [0, 0.05) is 0 Å². The highest BCUT2D eigenvalue weighted by atomic mass is 16.5. The van der Waals surface area contributed by atoms with E-state index in [-0.39, 0.29) is 11.9 Å².